The Morgan fingerprint density at radius 1 is 1.50 bits per heavy atom. The molecule has 0 aromatic carbocycles. The standard InChI is InChI=1S/C12H19NO4.CH3F.Na/c1-8-2-4-12(5-3-8)7-13(11(12)17)9(6-14)10(15)16;1-2;/h8-9,14H,2-7H2,1H3,(H,15,16);1H3;/q;;+1/p-1/t8?,9-,12?;;/m0../s1. The van der Waals surface area contributed by atoms with E-state index in [2.05, 4.69) is 6.92 Å². The molecule has 1 amide bonds. The Balaban J connectivity index is 0.00000115. The van der Waals surface area contributed by atoms with Crippen molar-refractivity contribution in [2.24, 2.45) is 11.3 Å². The summed E-state index contributed by atoms with van der Waals surface area (Å²) in [6, 6.07) is -1.17. The quantitative estimate of drug-likeness (QED) is 0.438. The molecule has 1 atom stereocenters. The van der Waals surface area contributed by atoms with Crippen molar-refractivity contribution in [3.8, 4) is 0 Å². The van der Waals surface area contributed by atoms with Gasteiger partial charge in [0.05, 0.1) is 31.2 Å². The first-order valence-corrected chi connectivity index (χ1v) is 6.51. The number of hydrogen-bond donors (Lipinski definition) is 1. The van der Waals surface area contributed by atoms with E-state index in [1.54, 1.807) is 0 Å². The van der Waals surface area contributed by atoms with Crippen LogP contribution in [0.25, 0.3) is 0 Å². The van der Waals surface area contributed by atoms with Crippen LogP contribution in [0.4, 0.5) is 4.39 Å². The third-order valence-electron chi connectivity index (χ3n) is 4.24. The maximum absolute atomic E-state index is 12.1. The van der Waals surface area contributed by atoms with Crippen molar-refractivity contribution in [2.75, 3.05) is 20.3 Å². The van der Waals surface area contributed by atoms with E-state index in [0.29, 0.717) is 19.6 Å². The topological polar surface area (TPSA) is 80.7 Å². The number of amides is 1. The molecule has 0 bridgehead atoms. The average Bonchev–Trinajstić information content (AvgIpc) is 2.42. The number of carboxylic acid groups (broad SMARTS) is 1. The van der Waals surface area contributed by atoms with E-state index in [0.717, 1.165) is 25.7 Å². The van der Waals surface area contributed by atoms with E-state index >= 15 is 0 Å². The molecule has 0 radical (unpaired) electrons. The number of hydrogen-bond acceptors (Lipinski definition) is 4. The Morgan fingerprint density at radius 3 is 2.35 bits per heavy atom. The largest absolute Gasteiger partial charge is 1.00 e. The van der Waals surface area contributed by atoms with Crippen LogP contribution in [0.15, 0.2) is 0 Å². The van der Waals surface area contributed by atoms with E-state index < -0.39 is 18.6 Å². The Bertz CT molecular complexity index is 345. The van der Waals surface area contributed by atoms with Crippen LogP contribution in [0.3, 0.4) is 0 Å². The van der Waals surface area contributed by atoms with Gasteiger partial charge in [-0.05, 0) is 31.6 Å². The molecule has 5 nitrogen and oxygen atoms in total. The molecular formula is C13H21FNNaO4. The average molecular weight is 297 g/mol. The first kappa shape index (κ1) is 19.8. The number of halogens is 1. The van der Waals surface area contributed by atoms with Crippen LogP contribution in [0.2, 0.25) is 0 Å². The first-order chi connectivity index (χ1) is 9.00. The molecule has 0 unspecified atom stereocenters. The maximum Gasteiger partial charge on any atom is 1.00 e. The summed E-state index contributed by atoms with van der Waals surface area (Å²) < 4.78 is 9.50. The zero-order valence-corrected chi connectivity index (χ0v) is 14.4. The van der Waals surface area contributed by atoms with Crippen molar-refractivity contribution < 1.29 is 53.7 Å². The summed E-state index contributed by atoms with van der Waals surface area (Å²) in [6.07, 6.45) is 3.73. The summed E-state index contributed by atoms with van der Waals surface area (Å²) >= 11 is 0. The number of alkyl halides is 1. The molecule has 1 heterocycles. The number of aliphatic carboxylic acids is 1. The van der Waals surface area contributed by atoms with Crippen LogP contribution in [-0.2, 0) is 9.59 Å². The molecular weight excluding hydrogens is 276 g/mol. The molecule has 2 fully saturated rings. The Labute approximate surface area is 140 Å². The first-order valence-electron chi connectivity index (χ1n) is 6.51. The Morgan fingerprint density at radius 2 is 2.00 bits per heavy atom. The molecule has 2 rings (SSSR count). The van der Waals surface area contributed by atoms with Gasteiger partial charge in [0.2, 0.25) is 5.91 Å². The molecule has 1 spiro atoms. The minimum atomic E-state index is -1.38. The number of carboxylic acids is 1. The molecule has 1 saturated heterocycles. The fourth-order valence-corrected chi connectivity index (χ4v) is 2.92. The van der Waals surface area contributed by atoms with Gasteiger partial charge in [0.25, 0.3) is 0 Å². The van der Waals surface area contributed by atoms with Crippen LogP contribution in [-0.4, -0.2) is 48.3 Å². The molecule has 2 aliphatic rings. The van der Waals surface area contributed by atoms with Crippen molar-refractivity contribution in [2.45, 2.75) is 38.6 Å². The zero-order chi connectivity index (χ0) is 14.6. The van der Waals surface area contributed by atoms with Crippen LogP contribution < -0.4 is 34.7 Å². The molecule has 1 saturated carbocycles. The summed E-state index contributed by atoms with van der Waals surface area (Å²) in [5.41, 5.74) is -0.338. The minimum Gasteiger partial charge on any atom is -0.548 e. The number of β-lactam (4-membered cyclic amide) rings is 1. The number of nitrogens with zero attached hydrogens (tertiary/aromatic N) is 1. The predicted molar refractivity (Wildman–Crippen MR) is 64.7 cm³/mol. The summed E-state index contributed by atoms with van der Waals surface area (Å²) in [7, 11) is 0.500. The third-order valence-corrected chi connectivity index (χ3v) is 4.24. The van der Waals surface area contributed by atoms with Gasteiger partial charge in [-0.3, -0.25) is 9.18 Å². The fraction of sp³-hybridized carbons (Fsp3) is 0.846. The van der Waals surface area contributed by atoms with E-state index in [4.69, 9.17) is 5.11 Å². The third kappa shape index (κ3) is 3.72. The van der Waals surface area contributed by atoms with Gasteiger partial charge in [0.15, 0.2) is 0 Å². The molecule has 1 aliphatic heterocycles. The predicted octanol–water partition coefficient (Wildman–Crippen LogP) is -3.27. The number of aliphatic hydroxyl groups excluding tert-OH is 1. The fourth-order valence-electron chi connectivity index (χ4n) is 2.92. The van der Waals surface area contributed by atoms with Gasteiger partial charge in [0.1, 0.15) is 0 Å². The van der Waals surface area contributed by atoms with Crippen molar-refractivity contribution in [3.05, 3.63) is 0 Å². The second-order valence-electron chi connectivity index (χ2n) is 5.41. The summed E-state index contributed by atoms with van der Waals surface area (Å²) in [5.74, 6) is -0.843. The Hall–Kier alpha value is -0.170. The summed E-state index contributed by atoms with van der Waals surface area (Å²) in [6.45, 7) is 2.06. The molecule has 20 heavy (non-hydrogen) atoms. The second kappa shape index (κ2) is 8.32. The number of likely N-dealkylation sites (tertiary alicyclic amines) is 1. The molecule has 1 N–H and O–H groups in total. The van der Waals surface area contributed by atoms with Gasteiger partial charge >= 0.3 is 29.6 Å². The normalized spacial score (nSPS) is 29.7. The van der Waals surface area contributed by atoms with E-state index in [1.165, 1.54) is 4.90 Å². The van der Waals surface area contributed by atoms with Gasteiger partial charge < -0.3 is 19.9 Å². The van der Waals surface area contributed by atoms with Crippen LogP contribution in [0.5, 0.6) is 0 Å². The maximum atomic E-state index is 12.1. The SMILES string of the molecule is CC1CCC2(CC1)CN([C@@H](CO)C(=O)[O-])C2=O.CF.[Na+]. The van der Waals surface area contributed by atoms with Crippen molar-refractivity contribution in [1.82, 2.24) is 4.90 Å². The van der Waals surface area contributed by atoms with Crippen molar-refractivity contribution in [3.63, 3.8) is 0 Å². The summed E-state index contributed by atoms with van der Waals surface area (Å²) in [4.78, 5) is 24.1. The van der Waals surface area contributed by atoms with Crippen molar-refractivity contribution in [1.29, 1.82) is 0 Å². The molecule has 0 aromatic rings. The van der Waals surface area contributed by atoms with Gasteiger partial charge in [0, 0.05) is 6.54 Å². The van der Waals surface area contributed by atoms with Crippen LogP contribution >= 0.6 is 0 Å². The smallest absolute Gasteiger partial charge is 0.548 e. The number of aliphatic hydroxyl groups is 1. The van der Waals surface area contributed by atoms with E-state index in [9.17, 15) is 19.1 Å². The molecule has 0 aromatic heterocycles. The number of rotatable bonds is 3. The minimum absolute atomic E-state index is 0. The molecule has 7 heteroatoms. The second-order valence-corrected chi connectivity index (χ2v) is 5.41. The van der Waals surface area contributed by atoms with Crippen LogP contribution in [0, 0.1) is 11.3 Å². The van der Waals surface area contributed by atoms with Crippen LogP contribution in [0.1, 0.15) is 32.6 Å². The van der Waals surface area contributed by atoms with E-state index in [1.807, 2.05) is 0 Å². The number of carbonyl (C=O) groups excluding carboxylic acids is 2. The van der Waals surface area contributed by atoms with Gasteiger partial charge in [-0.25, -0.2) is 0 Å². The number of carbonyl (C=O) groups is 2. The van der Waals surface area contributed by atoms with Gasteiger partial charge in [-0.2, -0.15) is 0 Å². The van der Waals surface area contributed by atoms with E-state index in [-0.39, 0.29) is 40.9 Å². The summed E-state index contributed by atoms with van der Waals surface area (Å²) in [5, 5.41) is 19.7. The van der Waals surface area contributed by atoms with Gasteiger partial charge in [-0.15, -0.1) is 0 Å². The monoisotopic (exact) mass is 297 g/mol. The Kier molecular flexibility index (Phi) is 8.25. The van der Waals surface area contributed by atoms with Crippen molar-refractivity contribution >= 4 is 11.9 Å². The molecule has 110 valence electrons. The molecule has 1 aliphatic carbocycles. The zero-order valence-electron chi connectivity index (χ0n) is 12.4. The van der Waals surface area contributed by atoms with Gasteiger partial charge in [-0.1, -0.05) is 6.92 Å².